The molecule has 126 valence electrons. The Bertz CT molecular complexity index is 896. The van der Waals surface area contributed by atoms with Crippen molar-refractivity contribution in [3.63, 3.8) is 0 Å². The number of benzene rings is 2. The van der Waals surface area contributed by atoms with Crippen molar-refractivity contribution in [3.8, 4) is 0 Å². The highest BCUT2D eigenvalue weighted by atomic mass is 79.9. The van der Waals surface area contributed by atoms with Crippen molar-refractivity contribution >= 4 is 39.6 Å². The van der Waals surface area contributed by atoms with Crippen LogP contribution in [0.3, 0.4) is 0 Å². The van der Waals surface area contributed by atoms with E-state index >= 15 is 0 Å². The summed E-state index contributed by atoms with van der Waals surface area (Å²) in [6.07, 6.45) is 1.42. The van der Waals surface area contributed by atoms with Gasteiger partial charge in [-0.25, -0.2) is 4.79 Å². The van der Waals surface area contributed by atoms with Crippen LogP contribution < -0.4 is 5.32 Å². The SMILES string of the molecule is O=C1N/C(=C\c2ccc(Br)c([N+](=O)[O-])c2)C(=O)N1Cc1ccccc1. The number of nitro benzene ring substituents is 1. The van der Waals surface area contributed by atoms with E-state index in [1.807, 2.05) is 30.3 Å². The molecule has 1 saturated heterocycles. The van der Waals surface area contributed by atoms with E-state index in [-0.39, 0.29) is 17.9 Å². The lowest BCUT2D eigenvalue weighted by molar-refractivity contribution is -0.385. The third-order valence-corrected chi connectivity index (χ3v) is 4.29. The molecule has 2 aromatic rings. The molecule has 3 rings (SSSR count). The standard InChI is InChI=1S/C17H12BrN3O4/c18-13-7-6-12(9-15(13)21(24)25)8-14-16(22)20(17(23)19-14)10-11-4-2-1-3-5-11/h1-9H,10H2,(H,19,23)/b14-8-. The lowest BCUT2D eigenvalue weighted by atomic mass is 10.1. The molecule has 8 heteroatoms. The molecule has 1 N–H and O–H groups in total. The maximum absolute atomic E-state index is 12.4. The van der Waals surface area contributed by atoms with Gasteiger partial charge < -0.3 is 5.32 Å². The first kappa shape index (κ1) is 16.8. The summed E-state index contributed by atoms with van der Waals surface area (Å²) in [6, 6.07) is 13.1. The number of hydrogen-bond acceptors (Lipinski definition) is 4. The van der Waals surface area contributed by atoms with Crippen LogP contribution in [0.5, 0.6) is 0 Å². The van der Waals surface area contributed by atoms with Gasteiger partial charge in [0.25, 0.3) is 11.6 Å². The molecule has 7 nitrogen and oxygen atoms in total. The van der Waals surface area contributed by atoms with Crippen molar-refractivity contribution in [1.82, 2.24) is 10.2 Å². The second kappa shape index (κ2) is 6.86. The molecular weight excluding hydrogens is 390 g/mol. The van der Waals surface area contributed by atoms with E-state index in [4.69, 9.17) is 0 Å². The number of nitrogens with one attached hydrogen (secondary N) is 1. The highest BCUT2D eigenvalue weighted by molar-refractivity contribution is 9.10. The first-order valence-corrected chi connectivity index (χ1v) is 8.07. The number of urea groups is 1. The molecule has 0 atom stereocenters. The second-order valence-corrected chi connectivity index (χ2v) is 6.19. The average Bonchev–Trinajstić information content (AvgIpc) is 2.85. The summed E-state index contributed by atoms with van der Waals surface area (Å²) >= 11 is 3.10. The van der Waals surface area contributed by atoms with Crippen LogP contribution in [-0.2, 0) is 11.3 Å². The number of carbonyl (C=O) groups is 2. The minimum absolute atomic E-state index is 0.0811. The zero-order valence-electron chi connectivity index (χ0n) is 12.8. The van der Waals surface area contributed by atoms with E-state index in [2.05, 4.69) is 21.2 Å². The van der Waals surface area contributed by atoms with E-state index in [9.17, 15) is 19.7 Å². The summed E-state index contributed by atoms with van der Waals surface area (Å²) in [7, 11) is 0. The highest BCUT2D eigenvalue weighted by Gasteiger charge is 2.33. The Hall–Kier alpha value is -3.00. The summed E-state index contributed by atoms with van der Waals surface area (Å²) in [5, 5.41) is 13.5. The first-order chi connectivity index (χ1) is 12.0. The quantitative estimate of drug-likeness (QED) is 0.367. The Morgan fingerprint density at radius 1 is 1.16 bits per heavy atom. The van der Waals surface area contributed by atoms with Crippen molar-refractivity contribution in [2.45, 2.75) is 6.54 Å². The van der Waals surface area contributed by atoms with Gasteiger partial charge in [0.2, 0.25) is 0 Å². The Labute approximate surface area is 151 Å². The smallest absolute Gasteiger partial charge is 0.303 e. The van der Waals surface area contributed by atoms with Gasteiger partial charge in [-0.05, 0) is 39.2 Å². The molecule has 2 aromatic carbocycles. The monoisotopic (exact) mass is 401 g/mol. The van der Waals surface area contributed by atoms with Gasteiger partial charge in [-0.1, -0.05) is 36.4 Å². The Balaban J connectivity index is 1.85. The predicted octanol–water partition coefficient (Wildman–Crippen LogP) is 3.45. The number of halogens is 1. The number of carbonyl (C=O) groups excluding carboxylic acids is 2. The lowest BCUT2D eigenvalue weighted by Gasteiger charge is -2.11. The van der Waals surface area contributed by atoms with Gasteiger partial charge in [0, 0.05) is 6.07 Å². The van der Waals surface area contributed by atoms with Crippen LogP contribution in [0, 0.1) is 10.1 Å². The van der Waals surface area contributed by atoms with Crippen LogP contribution in [0.15, 0.2) is 58.7 Å². The van der Waals surface area contributed by atoms with Crippen molar-refractivity contribution in [3.05, 3.63) is 79.9 Å². The number of nitro groups is 1. The fourth-order valence-corrected chi connectivity index (χ4v) is 2.80. The van der Waals surface area contributed by atoms with Crippen molar-refractivity contribution < 1.29 is 14.5 Å². The molecule has 0 spiro atoms. The molecule has 1 heterocycles. The van der Waals surface area contributed by atoms with Gasteiger partial charge in [-0.15, -0.1) is 0 Å². The number of amides is 3. The summed E-state index contributed by atoms with van der Waals surface area (Å²) in [4.78, 5) is 36.1. The molecule has 1 fully saturated rings. The zero-order valence-corrected chi connectivity index (χ0v) is 14.4. The maximum Gasteiger partial charge on any atom is 0.329 e. The highest BCUT2D eigenvalue weighted by Crippen LogP contribution is 2.27. The molecule has 0 unspecified atom stereocenters. The molecule has 0 aliphatic carbocycles. The van der Waals surface area contributed by atoms with E-state index < -0.39 is 16.9 Å². The number of imide groups is 1. The van der Waals surface area contributed by atoms with Gasteiger partial charge in [0.1, 0.15) is 5.70 Å². The van der Waals surface area contributed by atoms with Crippen LogP contribution in [-0.4, -0.2) is 21.8 Å². The number of nitrogens with zero attached hydrogens (tertiary/aromatic N) is 2. The predicted molar refractivity (Wildman–Crippen MR) is 94.3 cm³/mol. The topological polar surface area (TPSA) is 92.5 Å². The normalized spacial score (nSPS) is 15.6. The molecular formula is C17H12BrN3O4. The second-order valence-electron chi connectivity index (χ2n) is 5.33. The average molecular weight is 402 g/mol. The fourth-order valence-electron chi connectivity index (χ4n) is 2.41. The Morgan fingerprint density at radius 2 is 1.88 bits per heavy atom. The molecule has 0 radical (unpaired) electrons. The van der Waals surface area contributed by atoms with Gasteiger partial charge >= 0.3 is 6.03 Å². The lowest BCUT2D eigenvalue weighted by Crippen LogP contribution is -2.30. The molecule has 25 heavy (non-hydrogen) atoms. The van der Waals surface area contributed by atoms with E-state index in [0.717, 1.165) is 10.5 Å². The van der Waals surface area contributed by atoms with Gasteiger partial charge in [0.15, 0.2) is 0 Å². The minimum Gasteiger partial charge on any atom is -0.303 e. The minimum atomic E-state index is -0.525. The van der Waals surface area contributed by atoms with Crippen LogP contribution in [0.25, 0.3) is 6.08 Å². The van der Waals surface area contributed by atoms with Crippen LogP contribution in [0.4, 0.5) is 10.5 Å². The van der Waals surface area contributed by atoms with E-state index in [1.165, 1.54) is 18.2 Å². The van der Waals surface area contributed by atoms with Gasteiger partial charge in [0.05, 0.1) is 15.9 Å². The van der Waals surface area contributed by atoms with E-state index in [0.29, 0.717) is 10.0 Å². The largest absolute Gasteiger partial charge is 0.329 e. The Kier molecular flexibility index (Phi) is 4.62. The molecule has 0 bridgehead atoms. The van der Waals surface area contributed by atoms with Gasteiger partial charge in [-0.3, -0.25) is 19.8 Å². The summed E-state index contributed by atoms with van der Waals surface area (Å²) in [5.41, 5.74) is 1.23. The molecule has 3 amide bonds. The third kappa shape index (κ3) is 3.58. The molecule has 0 aromatic heterocycles. The van der Waals surface area contributed by atoms with Crippen LogP contribution in [0.1, 0.15) is 11.1 Å². The summed E-state index contributed by atoms with van der Waals surface area (Å²) < 4.78 is 0.340. The van der Waals surface area contributed by atoms with Crippen molar-refractivity contribution in [2.24, 2.45) is 0 Å². The van der Waals surface area contributed by atoms with Crippen LogP contribution in [0.2, 0.25) is 0 Å². The Morgan fingerprint density at radius 3 is 2.56 bits per heavy atom. The van der Waals surface area contributed by atoms with Crippen LogP contribution >= 0.6 is 15.9 Å². The number of rotatable bonds is 4. The molecule has 0 saturated carbocycles. The summed E-state index contributed by atoms with van der Waals surface area (Å²) in [6.45, 7) is 0.156. The maximum atomic E-state index is 12.4. The molecule has 1 aliphatic heterocycles. The van der Waals surface area contributed by atoms with Crippen molar-refractivity contribution in [2.75, 3.05) is 0 Å². The first-order valence-electron chi connectivity index (χ1n) is 7.28. The van der Waals surface area contributed by atoms with Gasteiger partial charge in [-0.2, -0.15) is 0 Å². The van der Waals surface area contributed by atoms with Crippen molar-refractivity contribution in [1.29, 1.82) is 0 Å². The molecule has 1 aliphatic rings. The fraction of sp³-hybridized carbons (Fsp3) is 0.0588. The summed E-state index contributed by atoms with van der Waals surface area (Å²) in [5.74, 6) is -0.473. The number of hydrogen-bond donors (Lipinski definition) is 1. The third-order valence-electron chi connectivity index (χ3n) is 3.62. The van der Waals surface area contributed by atoms with E-state index in [1.54, 1.807) is 6.07 Å². The zero-order chi connectivity index (χ0) is 18.0.